The van der Waals surface area contributed by atoms with Crippen LogP contribution in [0.15, 0.2) is 58.5 Å². The fraction of sp³-hybridized carbons (Fsp3) is 0. The van der Waals surface area contributed by atoms with Crippen molar-refractivity contribution < 1.29 is 13.3 Å². The Balaban J connectivity index is 2.22. The number of sulfonamides is 1. The Bertz CT molecular complexity index is 819. The minimum atomic E-state index is -4.13. The van der Waals surface area contributed by atoms with Gasteiger partial charge in [-0.15, -0.1) is 0 Å². The van der Waals surface area contributed by atoms with Crippen LogP contribution in [0.4, 0.5) is 5.69 Å². The molecule has 0 spiro atoms. The molecule has 9 heteroatoms. The summed E-state index contributed by atoms with van der Waals surface area (Å²) in [5, 5.41) is 15.0. The van der Waals surface area contributed by atoms with Gasteiger partial charge in [-0.3, -0.25) is 10.1 Å². The van der Waals surface area contributed by atoms with Gasteiger partial charge in [0.25, 0.3) is 15.7 Å². The minimum absolute atomic E-state index is 0.451. The van der Waals surface area contributed by atoms with E-state index >= 15 is 0 Å². The standard InChI is InChI=1S/C13H10ClN3O4S/c14-11-7-5-10(6-8-11)9-15-16-22(20,21)13-4-2-1-3-12(13)17(18)19/h1-9,16H/b15-9+. The van der Waals surface area contributed by atoms with Crippen LogP contribution in [0.1, 0.15) is 5.56 Å². The fourth-order valence-corrected chi connectivity index (χ4v) is 2.69. The maximum Gasteiger partial charge on any atom is 0.289 e. The lowest BCUT2D eigenvalue weighted by Gasteiger charge is -2.03. The monoisotopic (exact) mass is 339 g/mol. The summed E-state index contributed by atoms with van der Waals surface area (Å²) in [7, 11) is -4.13. The van der Waals surface area contributed by atoms with E-state index in [0.717, 1.165) is 12.1 Å². The molecule has 1 N–H and O–H groups in total. The molecule has 0 bridgehead atoms. The van der Waals surface area contributed by atoms with Gasteiger partial charge in [-0.05, 0) is 23.8 Å². The number of nitro groups is 1. The van der Waals surface area contributed by atoms with Crippen LogP contribution in [0.5, 0.6) is 0 Å². The van der Waals surface area contributed by atoms with Crippen molar-refractivity contribution in [2.75, 3.05) is 0 Å². The lowest BCUT2D eigenvalue weighted by Crippen LogP contribution is -2.19. The minimum Gasteiger partial charge on any atom is -0.258 e. The molecule has 0 unspecified atom stereocenters. The van der Waals surface area contributed by atoms with Crippen LogP contribution in [0.2, 0.25) is 5.02 Å². The molecular weight excluding hydrogens is 330 g/mol. The van der Waals surface area contributed by atoms with Gasteiger partial charge < -0.3 is 0 Å². The fourth-order valence-electron chi connectivity index (χ4n) is 1.60. The summed E-state index contributed by atoms with van der Waals surface area (Å²) in [6.07, 6.45) is 1.27. The quantitative estimate of drug-likeness (QED) is 0.513. The SMILES string of the molecule is O=[N+]([O-])c1ccccc1S(=O)(=O)N/N=C/c1ccc(Cl)cc1. The Morgan fingerprint density at radius 1 is 1.14 bits per heavy atom. The van der Waals surface area contributed by atoms with Crippen molar-refractivity contribution in [3.63, 3.8) is 0 Å². The van der Waals surface area contributed by atoms with Crippen molar-refractivity contribution in [3.05, 3.63) is 69.2 Å². The molecule has 114 valence electrons. The molecular formula is C13H10ClN3O4S. The van der Waals surface area contributed by atoms with Crippen LogP contribution in [0.25, 0.3) is 0 Å². The third kappa shape index (κ3) is 3.80. The van der Waals surface area contributed by atoms with Crippen LogP contribution < -0.4 is 4.83 Å². The number of nitrogens with zero attached hydrogens (tertiary/aromatic N) is 2. The van der Waals surface area contributed by atoms with E-state index in [4.69, 9.17) is 11.6 Å². The van der Waals surface area contributed by atoms with Crippen molar-refractivity contribution in [1.29, 1.82) is 0 Å². The van der Waals surface area contributed by atoms with Crippen molar-refractivity contribution in [2.24, 2.45) is 5.10 Å². The molecule has 0 saturated heterocycles. The third-order valence-electron chi connectivity index (χ3n) is 2.61. The largest absolute Gasteiger partial charge is 0.289 e. The first-order chi connectivity index (χ1) is 10.4. The van der Waals surface area contributed by atoms with Crippen LogP contribution in [-0.2, 0) is 10.0 Å². The first-order valence-electron chi connectivity index (χ1n) is 5.94. The average Bonchev–Trinajstić information content (AvgIpc) is 2.49. The van der Waals surface area contributed by atoms with Crippen molar-refractivity contribution in [1.82, 2.24) is 4.83 Å². The normalized spacial score (nSPS) is 11.5. The van der Waals surface area contributed by atoms with Gasteiger partial charge in [0.1, 0.15) is 0 Å². The zero-order chi connectivity index (χ0) is 16.2. The number of nitrogens with one attached hydrogen (secondary N) is 1. The molecule has 2 rings (SSSR count). The van der Waals surface area contributed by atoms with Gasteiger partial charge in [-0.25, -0.2) is 0 Å². The lowest BCUT2D eigenvalue weighted by molar-refractivity contribution is -0.387. The number of benzene rings is 2. The number of nitro benzene ring substituents is 1. The van der Waals surface area contributed by atoms with E-state index in [1.165, 1.54) is 18.3 Å². The Morgan fingerprint density at radius 3 is 2.41 bits per heavy atom. The summed E-state index contributed by atoms with van der Waals surface area (Å²) in [6, 6.07) is 11.6. The molecule has 0 heterocycles. The van der Waals surface area contributed by atoms with Crippen molar-refractivity contribution >= 4 is 33.5 Å². The van der Waals surface area contributed by atoms with Crippen LogP contribution in [0, 0.1) is 10.1 Å². The molecule has 0 atom stereocenters. The molecule has 0 amide bonds. The number of hydrazone groups is 1. The van der Waals surface area contributed by atoms with Gasteiger partial charge in [-0.2, -0.15) is 18.4 Å². The molecule has 0 saturated carbocycles. The maximum absolute atomic E-state index is 12.1. The first-order valence-corrected chi connectivity index (χ1v) is 7.80. The zero-order valence-corrected chi connectivity index (χ0v) is 12.6. The Morgan fingerprint density at radius 2 is 1.77 bits per heavy atom. The molecule has 2 aromatic rings. The molecule has 0 aliphatic heterocycles. The number of hydrogen-bond donors (Lipinski definition) is 1. The summed E-state index contributed by atoms with van der Waals surface area (Å²) < 4.78 is 24.1. The summed E-state index contributed by atoms with van der Waals surface area (Å²) in [6.45, 7) is 0. The van der Waals surface area contributed by atoms with E-state index in [0.29, 0.717) is 10.6 Å². The third-order valence-corrected chi connectivity index (χ3v) is 4.13. The molecule has 0 radical (unpaired) electrons. The van der Waals surface area contributed by atoms with Crippen molar-refractivity contribution in [2.45, 2.75) is 4.90 Å². The molecule has 7 nitrogen and oxygen atoms in total. The summed E-state index contributed by atoms with van der Waals surface area (Å²) >= 11 is 5.73. The highest BCUT2D eigenvalue weighted by Gasteiger charge is 2.24. The molecule has 22 heavy (non-hydrogen) atoms. The van der Waals surface area contributed by atoms with E-state index in [9.17, 15) is 18.5 Å². The molecule has 0 aliphatic rings. The molecule has 0 aliphatic carbocycles. The van der Waals surface area contributed by atoms with E-state index < -0.39 is 25.5 Å². The lowest BCUT2D eigenvalue weighted by atomic mass is 10.2. The van der Waals surface area contributed by atoms with E-state index in [1.54, 1.807) is 24.3 Å². The second kappa shape index (κ2) is 6.54. The Kier molecular flexibility index (Phi) is 4.74. The smallest absolute Gasteiger partial charge is 0.258 e. The predicted molar refractivity (Wildman–Crippen MR) is 82.5 cm³/mol. The highest BCUT2D eigenvalue weighted by atomic mass is 35.5. The summed E-state index contributed by atoms with van der Waals surface area (Å²) in [5.74, 6) is 0. The number of rotatable bonds is 5. The highest BCUT2D eigenvalue weighted by molar-refractivity contribution is 7.89. The molecule has 0 aromatic heterocycles. The average molecular weight is 340 g/mol. The Hall–Kier alpha value is -2.45. The summed E-state index contributed by atoms with van der Waals surface area (Å²) in [5.41, 5.74) is 0.103. The predicted octanol–water partition coefficient (Wildman–Crippen LogP) is 2.56. The van der Waals surface area contributed by atoms with Gasteiger partial charge in [0.2, 0.25) is 0 Å². The zero-order valence-electron chi connectivity index (χ0n) is 11.0. The van der Waals surface area contributed by atoms with Crippen LogP contribution >= 0.6 is 11.6 Å². The molecule has 0 fully saturated rings. The first kappa shape index (κ1) is 15.9. The number of hydrogen-bond acceptors (Lipinski definition) is 5. The van der Waals surface area contributed by atoms with Gasteiger partial charge in [0.05, 0.1) is 11.1 Å². The van der Waals surface area contributed by atoms with Gasteiger partial charge >= 0.3 is 0 Å². The number of halogens is 1. The topological polar surface area (TPSA) is 102 Å². The highest BCUT2D eigenvalue weighted by Crippen LogP contribution is 2.22. The summed E-state index contributed by atoms with van der Waals surface area (Å²) in [4.78, 5) is 11.6. The van der Waals surface area contributed by atoms with Gasteiger partial charge in [0.15, 0.2) is 4.90 Å². The molecule has 2 aromatic carbocycles. The van der Waals surface area contributed by atoms with E-state index in [1.807, 2.05) is 4.83 Å². The number of para-hydroxylation sites is 1. The van der Waals surface area contributed by atoms with Crippen molar-refractivity contribution in [3.8, 4) is 0 Å². The van der Waals surface area contributed by atoms with E-state index in [-0.39, 0.29) is 0 Å². The van der Waals surface area contributed by atoms with Gasteiger partial charge in [0, 0.05) is 11.1 Å². The second-order valence-corrected chi connectivity index (χ2v) is 6.20. The van der Waals surface area contributed by atoms with E-state index in [2.05, 4.69) is 5.10 Å². The van der Waals surface area contributed by atoms with Gasteiger partial charge in [-0.1, -0.05) is 35.9 Å². The van der Waals surface area contributed by atoms with Crippen LogP contribution in [-0.4, -0.2) is 19.6 Å². The van der Waals surface area contributed by atoms with Crippen LogP contribution in [0.3, 0.4) is 0 Å². The second-order valence-electron chi connectivity index (χ2n) is 4.13. The maximum atomic E-state index is 12.1. The Labute approximate surface area is 131 Å².